The summed E-state index contributed by atoms with van der Waals surface area (Å²) in [5, 5.41) is 13.7. The summed E-state index contributed by atoms with van der Waals surface area (Å²) in [6.45, 7) is 2.19. The fourth-order valence-electron chi connectivity index (χ4n) is 2.47. The van der Waals surface area contributed by atoms with Crippen LogP contribution in [0.5, 0.6) is 0 Å². The molecule has 0 saturated carbocycles. The van der Waals surface area contributed by atoms with Crippen LogP contribution in [0.4, 0.5) is 11.5 Å². The lowest BCUT2D eigenvalue weighted by Crippen LogP contribution is -2.29. The molecule has 2 N–H and O–H groups in total. The number of benzene rings is 1. The van der Waals surface area contributed by atoms with E-state index >= 15 is 0 Å². The molecule has 10 nitrogen and oxygen atoms in total. The third-order valence-electron chi connectivity index (χ3n) is 3.77. The van der Waals surface area contributed by atoms with Crippen molar-refractivity contribution in [2.24, 2.45) is 0 Å². The third kappa shape index (κ3) is 4.69. The molecule has 0 aliphatic heterocycles. The molecule has 3 aromatic rings. The second-order valence-corrected chi connectivity index (χ2v) is 7.59. The molecule has 0 aliphatic carbocycles. The van der Waals surface area contributed by atoms with Crippen LogP contribution < -0.4 is 10.0 Å². The number of nitro groups is 1. The quantitative estimate of drug-likeness (QED) is 0.334. The van der Waals surface area contributed by atoms with Gasteiger partial charge >= 0.3 is 0 Å². The summed E-state index contributed by atoms with van der Waals surface area (Å²) in [7, 11) is -3.76. The van der Waals surface area contributed by atoms with Gasteiger partial charge in [-0.25, -0.2) is 23.1 Å². The van der Waals surface area contributed by atoms with E-state index in [1.807, 2.05) is 29.1 Å². The highest BCUT2D eigenvalue weighted by atomic mass is 32.2. The van der Waals surface area contributed by atoms with Gasteiger partial charge in [-0.1, -0.05) is 0 Å². The van der Waals surface area contributed by atoms with Crippen molar-refractivity contribution in [3.63, 3.8) is 0 Å². The monoisotopic (exact) mass is 402 g/mol. The van der Waals surface area contributed by atoms with Crippen molar-refractivity contribution < 1.29 is 13.3 Å². The molecule has 0 fully saturated rings. The maximum Gasteiger partial charge on any atom is 0.269 e. The fraction of sp³-hybridized carbons (Fsp3) is 0.176. The van der Waals surface area contributed by atoms with Gasteiger partial charge < -0.3 is 9.88 Å². The van der Waals surface area contributed by atoms with E-state index in [-0.39, 0.29) is 17.1 Å². The number of aromatic nitrogens is 3. The van der Waals surface area contributed by atoms with E-state index in [0.717, 1.165) is 12.1 Å². The molecule has 0 bridgehead atoms. The number of nitro benzene ring substituents is 1. The molecular formula is C17H18N6O4S. The Labute approximate surface area is 161 Å². The number of hydrogen-bond donors (Lipinski definition) is 2. The molecule has 0 spiro atoms. The van der Waals surface area contributed by atoms with Gasteiger partial charge in [0.15, 0.2) is 0 Å². The van der Waals surface area contributed by atoms with Crippen LogP contribution in [0.3, 0.4) is 0 Å². The van der Waals surface area contributed by atoms with Crippen molar-refractivity contribution in [3.8, 4) is 5.82 Å². The van der Waals surface area contributed by atoms with E-state index in [4.69, 9.17) is 0 Å². The predicted octanol–water partition coefficient (Wildman–Crippen LogP) is 1.87. The summed E-state index contributed by atoms with van der Waals surface area (Å²) in [5.74, 6) is 1.86. The zero-order chi connectivity index (χ0) is 20.1. The molecule has 0 amide bonds. The van der Waals surface area contributed by atoms with Gasteiger partial charge in [-0.3, -0.25) is 10.1 Å². The number of sulfonamides is 1. The van der Waals surface area contributed by atoms with Gasteiger partial charge in [0.25, 0.3) is 5.69 Å². The minimum absolute atomic E-state index is 0.0362. The Morgan fingerprint density at radius 3 is 2.43 bits per heavy atom. The van der Waals surface area contributed by atoms with Crippen molar-refractivity contribution in [3.05, 3.63) is 70.8 Å². The van der Waals surface area contributed by atoms with E-state index in [0.29, 0.717) is 24.0 Å². The maximum atomic E-state index is 12.3. The molecule has 0 unspecified atom stereocenters. The Morgan fingerprint density at radius 1 is 1.11 bits per heavy atom. The minimum atomic E-state index is -3.76. The van der Waals surface area contributed by atoms with Crippen molar-refractivity contribution in [2.75, 3.05) is 18.4 Å². The predicted molar refractivity (Wildman–Crippen MR) is 103 cm³/mol. The number of rotatable bonds is 8. The Balaban J connectivity index is 1.59. The second kappa shape index (κ2) is 8.15. The molecule has 146 valence electrons. The van der Waals surface area contributed by atoms with E-state index < -0.39 is 14.9 Å². The lowest BCUT2D eigenvalue weighted by atomic mass is 10.3. The molecule has 0 radical (unpaired) electrons. The number of nitrogens with zero attached hydrogens (tertiary/aromatic N) is 4. The highest BCUT2D eigenvalue weighted by molar-refractivity contribution is 7.89. The standard InChI is InChI=1S/C17H18N6O4S/c1-13-20-16(12-17(21-13)22-10-2-3-11-22)18-8-9-19-28(26,27)15-6-4-14(5-7-15)23(24)25/h2-7,10-12,19H,8-9H2,1H3,(H,18,20,21). The molecule has 28 heavy (non-hydrogen) atoms. The first-order chi connectivity index (χ1) is 13.3. The van der Waals surface area contributed by atoms with Crippen LogP contribution in [0.15, 0.2) is 59.8 Å². The van der Waals surface area contributed by atoms with E-state index in [9.17, 15) is 18.5 Å². The van der Waals surface area contributed by atoms with Crippen LogP contribution in [-0.2, 0) is 10.0 Å². The number of hydrogen-bond acceptors (Lipinski definition) is 7. The highest BCUT2D eigenvalue weighted by Gasteiger charge is 2.15. The number of anilines is 1. The van der Waals surface area contributed by atoms with Gasteiger partial charge in [-0.15, -0.1) is 0 Å². The van der Waals surface area contributed by atoms with Crippen molar-refractivity contribution in [1.82, 2.24) is 19.3 Å². The molecule has 11 heteroatoms. The normalized spacial score (nSPS) is 11.3. The first-order valence-corrected chi connectivity index (χ1v) is 9.80. The number of aryl methyl sites for hydroxylation is 1. The summed E-state index contributed by atoms with van der Waals surface area (Å²) in [6, 6.07) is 10.2. The Kier molecular flexibility index (Phi) is 5.66. The van der Waals surface area contributed by atoms with Crippen LogP contribution in [0.2, 0.25) is 0 Å². The Bertz CT molecular complexity index is 1070. The van der Waals surface area contributed by atoms with Crippen LogP contribution in [0, 0.1) is 17.0 Å². The zero-order valence-electron chi connectivity index (χ0n) is 14.9. The van der Waals surface area contributed by atoms with Gasteiger partial charge in [0, 0.05) is 43.7 Å². The largest absolute Gasteiger partial charge is 0.369 e. The van der Waals surface area contributed by atoms with Gasteiger partial charge in [0.05, 0.1) is 9.82 Å². The lowest BCUT2D eigenvalue weighted by molar-refractivity contribution is -0.384. The SMILES string of the molecule is Cc1nc(NCCNS(=O)(=O)c2ccc([N+](=O)[O-])cc2)cc(-n2cccc2)n1. The summed E-state index contributed by atoms with van der Waals surface area (Å²) >= 11 is 0. The van der Waals surface area contributed by atoms with Gasteiger partial charge in [0.1, 0.15) is 17.5 Å². The summed E-state index contributed by atoms with van der Waals surface area (Å²) < 4.78 is 28.8. The maximum absolute atomic E-state index is 12.3. The van der Waals surface area contributed by atoms with Crippen LogP contribution >= 0.6 is 0 Å². The van der Waals surface area contributed by atoms with E-state index in [1.165, 1.54) is 12.1 Å². The van der Waals surface area contributed by atoms with Crippen LogP contribution in [-0.4, -0.2) is 41.0 Å². The van der Waals surface area contributed by atoms with Crippen LogP contribution in [0.25, 0.3) is 5.82 Å². The second-order valence-electron chi connectivity index (χ2n) is 5.82. The molecule has 0 atom stereocenters. The van der Waals surface area contributed by atoms with Gasteiger partial charge in [-0.2, -0.15) is 0 Å². The van der Waals surface area contributed by atoms with Gasteiger partial charge in [-0.05, 0) is 31.2 Å². The first-order valence-electron chi connectivity index (χ1n) is 8.32. The summed E-state index contributed by atoms with van der Waals surface area (Å²) in [4.78, 5) is 18.7. The highest BCUT2D eigenvalue weighted by Crippen LogP contribution is 2.15. The smallest absolute Gasteiger partial charge is 0.269 e. The van der Waals surface area contributed by atoms with Gasteiger partial charge in [0.2, 0.25) is 10.0 Å². The number of nitrogens with one attached hydrogen (secondary N) is 2. The first kappa shape index (κ1) is 19.5. The third-order valence-corrected chi connectivity index (χ3v) is 5.25. The van der Waals surface area contributed by atoms with E-state index in [1.54, 1.807) is 13.0 Å². The Morgan fingerprint density at radius 2 is 1.79 bits per heavy atom. The average Bonchev–Trinajstić information content (AvgIpc) is 3.20. The summed E-state index contributed by atoms with van der Waals surface area (Å²) in [5.41, 5.74) is -0.168. The molecule has 2 heterocycles. The minimum Gasteiger partial charge on any atom is -0.369 e. The molecule has 0 aliphatic rings. The molecule has 2 aromatic heterocycles. The average molecular weight is 402 g/mol. The number of non-ortho nitro benzene ring substituents is 1. The molecule has 3 rings (SSSR count). The van der Waals surface area contributed by atoms with Crippen molar-refractivity contribution >= 4 is 21.5 Å². The van der Waals surface area contributed by atoms with Crippen LogP contribution in [0.1, 0.15) is 5.82 Å². The molecule has 0 saturated heterocycles. The fourth-order valence-corrected chi connectivity index (χ4v) is 3.50. The molecule has 1 aromatic carbocycles. The lowest BCUT2D eigenvalue weighted by Gasteiger charge is -2.10. The molecular weight excluding hydrogens is 384 g/mol. The van der Waals surface area contributed by atoms with Crippen molar-refractivity contribution in [2.45, 2.75) is 11.8 Å². The van der Waals surface area contributed by atoms with E-state index in [2.05, 4.69) is 20.0 Å². The Hall–Kier alpha value is -3.31. The topological polar surface area (TPSA) is 132 Å². The summed E-state index contributed by atoms with van der Waals surface area (Å²) in [6.07, 6.45) is 3.73. The van der Waals surface area contributed by atoms with Crippen molar-refractivity contribution in [1.29, 1.82) is 0 Å². The zero-order valence-corrected chi connectivity index (χ0v) is 15.8.